The molecule has 0 saturated carbocycles. The molecule has 2 heterocycles. The number of rotatable bonds is 1. The highest BCUT2D eigenvalue weighted by Gasteiger charge is 2.18. The van der Waals surface area contributed by atoms with Crippen LogP contribution in [0.4, 0.5) is 5.82 Å². The Morgan fingerprint density at radius 1 is 1.22 bits per heavy atom. The normalized spacial score (nSPS) is 19.6. The quantitative estimate of drug-likeness (QED) is 0.856. The Kier molecular flexibility index (Phi) is 3.99. The standard InChI is InChI=1S/C13H16N4.ClH/c14-10-4-3-7-17(9-10)13-8-15-11-5-1-2-6-12(11)16-13;/h1-2,5-6,8,10H,3-4,7,9,14H2;1H. The predicted octanol–water partition coefficient (Wildman–Crippen LogP) is 1.98. The van der Waals surface area contributed by atoms with Crippen LogP contribution in [-0.2, 0) is 0 Å². The van der Waals surface area contributed by atoms with E-state index in [2.05, 4.69) is 14.9 Å². The molecule has 18 heavy (non-hydrogen) atoms. The van der Waals surface area contributed by atoms with Gasteiger partial charge in [-0.15, -0.1) is 12.4 Å². The van der Waals surface area contributed by atoms with Crippen molar-refractivity contribution in [3.63, 3.8) is 0 Å². The first kappa shape index (κ1) is 13.1. The Balaban J connectivity index is 0.00000120. The molecule has 1 saturated heterocycles. The van der Waals surface area contributed by atoms with Crippen LogP contribution in [0.1, 0.15) is 12.8 Å². The highest BCUT2D eigenvalue weighted by Crippen LogP contribution is 2.18. The van der Waals surface area contributed by atoms with Crippen LogP contribution in [0.3, 0.4) is 0 Å². The molecular weight excluding hydrogens is 248 g/mol. The minimum Gasteiger partial charge on any atom is -0.354 e. The van der Waals surface area contributed by atoms with E-state index in [-0.39, 0.29) is 18.4 Å². The average Bonchev–Trinajstić information content (AvgIpc) is 2.38. The minimum atomic E-state index is 0. The van der Waals surface area contributed by atoms with E-state index in [0.717, 1.165) is 42.8 Å². The van der Waals surface area contributed by atoms with Gasteiger partial charge in [0.2, 0.25) is 0 Å². The molecule has 0 bridgehead atoms. The summed E-state index contributed by atoms with van der Waals surface area (Å²) in [6.07, 6.45) is 4.09. The summed E-state index contributed by atoms with van der Waals surface area (Å²) in [5, 5.41) is 0. The van der Waals surface area contributed by atoms with E-state index in [0.29, 0.717) is 0 Å². The smallest absolute Gasteiger partial charge is 0.147 e. The van der Waals surface area contributed by atoms with Crippen molar-refractivity contribution in [2.24, 2.45) is 5.73 Å². The summed E-state index contributed by atoms with van der Waals surface area (Å²) in [6.45, 7) is 1.91. The molecule has 5 heteroatoms. The summed E-state index contributed by atoms with van der Waals surface area (Å²) in [5.41, 5.74) is 7.88. The Bertz CT molecular complexity index is 531. The van der Waals surface area contributed by atoms with Gasteiger partial charge in [-0.2, -0.15) is 0 Å². The first-order valence-corrected chi connectivity index (χ1v) is 6.05. The van der Waals surface area contributed by atoms with Crippen LogP contribution < -0.4 is 10.6 Å². The Hall–Kier alpha value is -1.39. The van der Waals surface area contributed by atoms with Gasteiger partial charge in [-0.3, -0.25) is 4.98 Å². The van der Waals surface area contributed by atoms with Crippen LogP contribution in [0.25, 0.3) is 11.0 Å². The Morgan fingerprint density at radius 3 is 2.78 bits per heavy atom. The Labute approximate surface area is 113 Å². The SMILES string of the molecule is Cl.NC1CCCN(c2cnc3ccccc3n2)C1. The van der Waals surface area contributed by atoms with Crippen molar-refractivity contribution >= 4 is 29.3 Å². The van der Waals surface area contributed by atoms with Crippen LogP contribution >= 0.6 is 12.4 Å². The first-order chi connectivity index (χ1) is 8.33. The van der Waals surface area contributed by atoms with E-state index < -0.39 is 0 Å². The summed E-state index contributed by atoms with van der Waals surface area (Å²) >= 11 is 0. The van der Waals surface area contributed by atoms with Gasteiger partial charge >= 0.3 is 0 Å². The maximum atomic E-state index is 5.99. The number of nitrogens with two attached hydrogens (primary N) is 1. The zero-order chi connectivity index (χ0) is 11.7. The van der Waals surface area contributed by atoms with E-state index >= 15 is 0 Å². The van der Waals surface area contributed by atoms with Crippen molar-refractivity contribution in [3.8, 4) is 0 Å². The van der Waals surface area contributed by atoms with Crippen LogP contribution in [0, 0.1) is 0 Å². The fraction of sp³-hybridized carbons (Fsp3) is 0.385. The number of para-hydroxylation sites is 2. The second-order valence-electron chi connectivity index (χ2n) is 4.57. The number of hydrogen-bond donors (Lipinski definition) is 1. The molecule has 4 nitrogen and oxygen atoms in total. The molecule has 2 aromatic rings. The molecule has 1 aromatic heterocycles. The maximum absolute atomic E-state index is 5.99. The molecule has 1 aliphatic rings. The van der Waals surface area contributed by atoms with Gasteiger partial charge in [-0.05, 0) is 25.0 Å². The lowest BCUT2D eigenvalue weighted by atomic mass is 10.1. The zero-order valence-electron chi connectivity index (χ0n) is 10.1. The fourth-order valence-corrected chi connectivity index (χ4v) is 2.32. The molecule has 0 radical (unpaired) electrons. The van der Waals surface area contributed by atoms with Crippen molar-refractivity contribution in [1.29, 1.82) is 0 Å². The van der Waals surface area contributed by atoms with Crippen LogP contribution in [-0.4, -0.2) is 29.1 Å². The molecular formula is C13H17ClN4. The second kappa shape index (κ2) is 5.50. The monoisotopic (exact) mass is 264 g/mol. The predicted molar refractivity (Wildman–Crippen MR) is 76.2 cm³/mol. The number of hydrogen-bond acceptors (Lipinski definition) is 4. The highest BCUT2D eigenvalue weighted by molar-refractivity contribution is 5.85. The van der Waals surface area contributed by atoms with Crippen LogP contribution in [0.15, 0.2) is 30.5 Å². The minimum absolute atomic E-state index is 0. The van der Waals surface area contributed by atoms with Gasteiger partial charge in [0.25, 0.3) is 0 Å². The summed E-state index contributed by atoms with van der Waals surface area (Å²) in [4.78, 5) is 11.3. The molecule has 0 amide bonds. The molecule has 1 atom stereocenters. The van der Waals surface area contributed by atoms with E-state index in [4.69, 9.17) is 5.73 Å². The number of halogens is 1. The third kappa shape index (κ3) is 2.54. The molecule has 2 N–H and O–H groups in total. The molecule has 1 aliphatic heterocycles. The van der Waals surface area contributed by atoms with Crippen molar-refractivity contribution < 1.29 is 0 Å². The van der Waals surface area contributed by atoms with Crippen molar-refractivity contribution in [3.05, 3.63) is 30.5 Å². The number of benzene rings is 1. The summed E-state index contributed by atoms with van der Waals surface area (Å²) < 4.78 is 0. The zero-order valence-corrected chi connectivity index (χ0v) is 10.9. The maximum Gasteiger partial charge on any atom is 0.147 e. The van der Waals surface area contributed by atoms with Gasteiger partial charge in [-0.1, -0.05) is 12.1 Å². The van der Waals surface area contributed by atoms with Crippen molar-refractivity contribution in [2.75, 3.05) is 18.0 Å². The van der Waals surface area contributed by atoms with Crippen molar-refractivity contribution in [1.82, 2.24) is 9.97 Å². The lowest BCUT2D eigenvalue weighted by molar-refractivity contribution is 0.503. The van der Waals surface area contributed by atoms with Gasteiger partial charge in [0.05, 0.1) is 17.2 Å². The van der Waals surface area contributed by atoms with E-state index in [1.807, 2.05) is 30.5 Å². The number of aromatic nitrogens is 2. The number of nitrogens with zero attached hydrogens (tertiary/aromatic N) is 3. The second-order valence-corrected chi connectivity index (χ2v) is 4.57. The third-order valence-corrected chi connectivity index (χ3v) is 3.22. The summed E-state index contributed by atoms with van der Waals surface area (Å²) in [5.74, 6) is 0.943. The van der Waals surface area contributed by atoms with Gasteiger partial charge in [0.1, 0.15) is 5.82 Å². The summed E-state index contributed by atoms with van der Waals surface area (Å²) in [7, 11) is 0. The molecule has 1 aromatic carbocycles. The molecule has 0 aliphatic carbocycles. The van der Waals surface area contributed by atoms with Crippen molar-refractivity contribution in [2.45, 2.75) is 18.9 Å². The van der Waals surface area contributed by atoms with Gasteiger partial charge in [0, 0.05) is 19.1 Å². The van der Waals surface area contributed by atoms with Gasteiger partial charge in [0.15, 0.2) is 0 Å². The van der Waals surface area contributed by atoms with Crippen LogP contribution in [0.2, 0.25) is 0 Å². The molecule has 1 fully saturated rings. The largest absolute Gasteiger partial charge is 0.354 e. The molecule has 96 valence electrons. The number of fused-ring (bicyclic) bond motifs is 1. The van der Waals surface area contributed by atoms with Gasteiger partial charge in [-0.25, -0.2) is 4.98 Å². The van der Waals surface area contributed by atoms with E-state index in [9.17, 15) is 0 Å². The first-order valence-electron chi connectivity index (χ1n) is 6.05. The number of anilines is 1. The lowest BCUT2D eigenvalue weighted by Gasteiger charge is -2.31. The average molecular weight is 265 g/mol. The lowest BCUT2D eigenvalue weighted by Crippen LogP contribution is -2.43. The third-order valence-electron chi connectivity index (χ3n) is 3.22. The van der Waals surface area contributed by atoms with Gasteiger partial charge < -0.3 is 10.6 Å². The van der Waals surface area contributed by atoms with Crippen LogP contribution in [0.5, 0.6) is 0 Å². The Morgan fingerprint density at radius 2 is 2.00 bits per heavy atom. The fourth-order valence-electron chi connectivity index (χ4n) is 2.32. The van der Waals surface area contributed by atoms with E-state index in [1.54, 1.807) is 0 Å². The highest BCUT2D eigenvalue weighted by atomic mass is 35.5. The topological polar surface area (TPSA) is 55.0 Å². The molecule has 0 spiro atoms. The summed E-state index contributed by atoms with van der Waals surface area (Å²) in [6, 6.07) is 8.21. The van der Waals surface area contributed by atoms with E-state index in [1.165, 1.54) is 0 Å². The molecule has 3 rings (SSSR count). The number of piperidine rings is 1. The molecule has 1 unspecified atom stereocenters.